The van der Waals surface area contributed by atoms with Crippen molar-refractivity contribution in [3.05, 3.63) is 48.4 Å². The third kappa shape index (κ3) is 1.99. The van der Waals surface area contributed by atoms with E-state index < -0.39 is 5.91 Å². The van der Waals surface area contributed by atoms with Gasteiger partial charge in [-0.3, -0.25) is 14.8 Å². The molecule has 1 amide bonds. The monoisotopic (exact) mass is 199 g/mol. The minimum Gasteiger partial charge on any atom is -0.364 e. The lowest BCUT2D eigenvalue weighted by Crippen LogP contribution is -2.12. The van der Waals surface area contributed by atoms with Gasteiger partial charge in [-0.15, -0.1) is 0 Å². The molecule has 2 aromatic heterocycles. The van der Waals surface area contributed by atoms with Gasteiger partial charge in [-0.05, 0) is 24.3 Å². The van der Waals surface area contributed by atoms with Gasteiger partial charge in [-0.2, -0.15) is 0 Å². The van der Waals surface area contributed by atoms with Gasteiger partial charge in [0.1, 0.15) is 5.69 Å². The molecule has 0 fully saturated rings. The average Bonchev–Trinajstić information content (AvgIpc) is 2.30. The SMILES string of the molecule is NC(=O)c1ccc(-c2ccccn2)cn1. The molecule has 4 nitrogen and oxygen atoms in total. The molecule has 0 unspecified atom stereocenters. The lowest BCUT2D eigenvalue weighted by Gasteiger charge is -1.99. The fourth-order valence-corrected chi connectivity index (χ4v) is 1.22. The Labute approximate surface area is 86.8 Å². The van der Waals surface area contributed by atoms with Gasteiger partial charge >= 0.3 is 0 Å². The first-order chi connectivity index (χ1) is 7.27. The summed E-state index contributed by atoms with van der Waals surface area (Å²) in [6.07, 6.45) is 3.29. The number of pyridine rings is 2. The molecule has 4 heteroatoms. The predicted molar refractivity (Wildman–Crippen MR) is 56.0 cm³/mol. The quantitative estimate of drug-likeness (QED) is 0.791. The zero-order valence-corrected chi connectivity index (χ0v) is 7.92. The zero-order chi connectivity index (χ0) is 10.7. The van der Waals surface area contributed by atoms with E-state index in [1.165, 1.54) is 0 Å². The van der Waals surface area contributed by atoms with E-state index in [-0.39, 0.29) is 5.69 Å². The van der Waals surface area contributed by atoms with Crippen LogP contribution in [0.4, 0.5) is 0 Å². The Balaban J connectivity index is 2.36. The maximum atomic E-state index is 10.8. The first-order valence-corrected chi connectivity index (χ1v) is 4.44. The number of amides is 1. The lowest BCUT2D eigenvalue weighted by molar-refractivity contribution is 0.0995. The van der Waals surface area contributed by atoms with Crippen LogP contribution in [0.1, 0.15) is 10.5 Å². The Morgan fingerprint density at radius 1 is 1.13 bits per heavy atom. The number of nitrogens with two attached hydrogens (primary N) is 1. The van der Waals surface area contributed by atoms with Crippen molar-refractivity contribution in [1.82, 2.24) is 9.97 Å². The van der Waals surface area contributed by atoms with Crippen molar-refractivity contribution in [1.29, 1.82) is 0 Å². The molecular formula is C11H9N3O. The van der Waals surface area contributed by atoms with Crippen LogP contribution in [0.25, 0.3) is 11.3 Å². The van der Waals surface area contributed by atoms with Crippen molar-refractivity contribution < 1.29 is 4.79 Å². The molecule has 0 saturated carbocycles. The molecule has 0 radical (unpaired) electrons. The molecule has 74 valence electrons. The summed E-state index contributed by atoms with van der Waals surface area (Å²) in [6, 6.07) is 8.97. The van der Waals surface area contributed by atoms with Crippen LogP contribution in [0.2, 0.25) is 0 Å². The predicted octanol–water partition coefficient (Wildman–Crippen LogP) is 1.24. The second kappa shape index (κ2) is 3.88. The highest BCUT2D eigenvalue weighted by Crippen LogP contribution is 2.14. The van der Waals surface area contributed by atoms with Crippen LogP contribution in [0.15, 0.2) is 42.7 Å². The van der Waals surface area contributed by atoms with E-state index in [4.69, 9.17) is 5.73 Å². The summed E-state index contributed by atoms with van der Waals surface area (Å²) >= 11 is 0. The van der Waals surface area contributed by atoms with Crippen LogP contribution in [0.5, 0.6) is 0 Å². The molecule has 15 heavy (non-hydrogen) atoms. The van der Waals surface area contributed by atoms with Gasteiger partial charge in [-0.1, -0.05) is 6.07 Å². The summed E-state index contributed by atoms with van der Waals surface area (Å²) in [5.74, 6) is -0.525. The summed E-state index contributed by atoms with van der Waals surface area (Å²) in [7, 11) is 0. The molecule has 0 spiro atoms. The molecule has 2 rings (SSSR count). The van der Waals surface area contributed by atoms with Crippen molar-refractivity contribution in [3.63, 3.8) is 0 Å². The average molecular weight is 199 g/mol. The number of carbonyl (C=O) groups excluding carboxylic acids is 1. The molecule has 2 N–H and O–H groups in total. The second-order valence-corrected chi connectivity index (χ2v) is 3.01. The van der Waals surface area contributed by atoms with E-state index in [9.17, 15) is 4.79 Å². The number of rotatable bonds is 2. The van der Waals surface area contributed by atoms with Gasteiger partial charge in [0, 0.05) is 18.0 Å². The topological polar surface area (TPSA) is 68.9 Å². The number of nitrogens with zero attached hydrogens (tertiary/aromatic N) is 2. The molecule has 0 aliphatic heterocycles. The zero-order valence-electron chi connectivity index (χ0n) is 7.92. The molecule has 0 saturated heterocycles. The van der Waals surface area contributed by atoms with Crippen molar-refractivity contribution in [3.8, 4) is 11.3 Å². The van der Waals surface area contributed by atoms with Crippen LogP contribution in [-0.4, -0.2) is 15.9 Å². The van der Waals surface area contributed by atoms with E-state index in [0.717, 1.165) is 11.3 Å². The summed E-state index contributed by atoms with van der Waals surface area (Å²) in [4.78, 5) is 18.9. The Morgan fingerprint density at radius 3 is 2.53 bits per heavy atom. The van der Waals surface area contributed by atoms with Gasteiger partial charge in [0.2, 0.25) is 0 Å². The maximum Gasteiger partial charge on any atom is 0.267 e. The van der Waals surface area contributed by atoms with Gasteiger partial charge in [-0.25, -0.2) is 0 Å². The summed E-state index contributed by atoms with van der Waals surface area (Å²) in [5, 5.41) is 0. The summed E-state index contributed by atoms with van der Waals surface area (Å²) in [5.41, 5.74) is 7.03. The summed E-state index contributed by atoms with van der Waals surface area (Å²) in [6.45, 7) is 0. The number of primary amides is 1. The van der Waals surface area contributed by atoms with Gasteiger partial charge in [0.25, 0.3) is 5.91 Å². The highest BCUT2D eigenvalue weighted by Gasteiger charge is 2.02. The van der Waals surface area contributed by atoms with Gasteiger partial charge in [0.15, 0.2) is 0 Å². The van der Waals surface area contributed by atoms with Crippen molar-refractivity contribution in [2.24, 2.45) is 5.73 Å². The van der Waals surface area contributed by atoms with Crippen molar-refractivity contribution in [2.75, 3.05) is 0 Å². The van der Waals surface area contributed by atoms with Gasteiger partial charge in [0.05, 0.1) is 5.69 Å². The molecule has 0 bridgehead atoms. The van der Waals surface area contributed by atoms with Gasteiger partial charge < -0.3 is 5.73 Å². The second-order valence-electron chi connectivity index (χ2n) is 3.01. The van der Waals surface area contributed by atoms with E-state index >= 15 is 0 Å². The van der Waals surface area contributed by atoms with Crippen LogP contribution >= 0.6 is 0 Å². The molecular weight excluding hydrogens is 190 g/mol. The van der Waals surface area contributed by atoms with Crippen molar-refractivity contribution >= 4 is 5.91 Å². The third-order valence-electron chi connectivity index (χ3n) is 1.98. The first kappa shape index (κ1) is 9.33. The molecule has 0 atom stereocenters. The largest absolute Gasteiger partial charge is 0.364 e. The van der Waals surface area contributed by atoms with E-state index in [2.05, 4.69) is 9.97 Å². The minimum atomic E-state index is -0.525. The molecule has 2 aromatic rings. The fraction of sp³-hybridized carbons (Fsp3) is 0. The van der Waals surface area contributed by atoms with Crippen LogP contribution in [0, 0.1) is 0 Å². The number of aromatic nitrogens is 2. The lowest BCUT2D eigenvalue weighted by atomic mass is 10.2. The van der Waals surface area contributed by atoms with E-state index in [1.807, 2.05) is 18.2 Å². The van der Waals surface area contributed by atoms with E-state index in [0.29, 0.717) is 0 Å². The number of hydrogen-bond acceptors (Lipinski definition) is 3. The van der Waals surface area contributed by atoms with Crippen LogP contribution < -0.4 is 5.73 Å². The Kier molecular flexibility index (Phi) is 2.41. The highest BCUT2D eigenvalue weighted by molar-refractivity contribution is 5.90. The smallest absolute Gasteiger partial charge is 0.267 e. The maximum absolute atomic E-state index is 10.8. The fourth-order valence-electron chi connectivity index (χ4n) is 1.22. The molecule has 0 aromatic carbocycles. The minimum absolute atomic E-state index is 0.259. The standard InChI is InChI=1S/C11H9N3O/c12-11(15)10-5-4-8(7-14-10)9-3-1-2-6-13-9/h1-7H,(H2,12,15). The Morgan fingerprint density at radius 2 is 2.00 bits per heavy atom. The highest BCUT2D eigenvalue weighted by atomic mass is 16.1. The molecule has 2 heterocycles. The van der Waals surface area contributed by atoms with Crippen LogP contribution in [0.3, 0.4) is 0 Å². The summed E-state index contributed by atoms with van der Waals surface area (Å²) < 4.78 is 0. The number of carbonyl (C=O) groups is 1. The van der Waals surface area contributed by atoms with E-state index in [1.54, 1.807) is 24.5 Å². The van der Waals surface area contributed by atoms with Crippen molar-refractivity contribution in [2.45, 2.75) is 0 Å². The number of hydrogen-bond donors (Lipinski definition) is 1. The molecule has 0 aliphatic rings. The molecule has 0 aliphatic carbocycles. The normalized spacial score (nSPS) is 9.87. The third-order valence-corrected chi connectivity index (χ3v) is 1.98. The Bertz CT molecular complexity index is 465. The Hall–Kier alpha value is -2.23. The first-order valence-electron chi connectivity index (χ1n) is 4.44. The van der Waals surface area contributed by atoms with Crippen LogP contribution in [-0.2, 0) is 0 Å².